The number of hydrogen-bond acceptors (Lipinski definition) is 2. The summed E-state index contributed by atoms with van der Waals surface area (Å²) in [7, 11) is 1.82. The monoisotopic (exact) mass is 334 g/mol. The number of carbonyl (C=O) groups is 2. The third kappa shape index (κ3) is 2.28. The molecule has 0 aromatic heterocycles. The van der Waals surface area contributed by atoms with Crippen LogP contribution < -0.4 is 4.90 Å². The number of hydrogen-bond donors (Lipinski definition) is 0. The van der Waals surface area contributed by atoms with Crippen LogP contribution in [0.15, 0.2) is 48.5 Å². The van der Waals surface area contributed by atoms with Crippen molar-refractivity contribution in [2.75, 3.05) is 25.0 Å². The van der Waals surface area contributed by atoms with Gasteiger partial charge in [-0.2, -0.15) is 0 Å². The van der Waals surface area contributed by atoms with Gasteiger partial charge in [0.05, 0.1) is 5.41 Å². The van der Waals surface area contributed by atoms with Gasteiger partial charge in [-0.1, -0.05) is 37.3 Å². The lowest BCUT2D eigenvalue weighted by molar-refractivity contribution is -0.122. The first kappa shape index (κ1) is 15.9. The van der Waals surface area contributed by atoms with E-state index in [0.29, 0.717) is 25.1 Å². The van der Waals surface area contributed by atoms with Crippen LogP contribution in [0.5, 0.6) is 0 Å². The zero-order valence-corrected chi connectivity index (χ0v) is 14.7. The molecular formula is C21H22N2O2. The van der Waals surface area contributed by atoms with Crippen LogP contribution in [-0.4, -0.2) is 36.9 Å². The maximum absolute atomic E-state index is 13.0. The fourth-order valence-corrected chi connectivity index (χ4v) is 4.16. The van der Waals surface area contributed by atoms with Gasteiger partial charge in [-0.3, -0.25) is 9.59 Å². The number of benzene rings is 2. The molecule has 128 valence electrons. The fourth-order valence-electron chi connectivity index (χ4n) is 4.16. The molecule has 4 nitrogen and oxygen atoms in total. The Kier molecular flexibility index (Phi) is 3.64. The lowest BCUT2D eigenvalue weighted by atomic mass is 9.81. The van der Waals surface area contributed by atoms with E-state index in [1.165, 1.54) is 5.56 Å². The number of amides is 2. The first-order valence-electron chi connectivity index (χ1n) is 8.83. The third-order valence-electron chi connectivity index (χ3n) is 5.66. The maximum Gasteiger partial charge on any atom is 0.253 e. The minimum Gasteiger partial charge on any atom is -0.337 e. The largest absolute Gasteiger partial charge is 0.337 e. The first-order chi connectivity index (χ1) is 12.1. The second kappa shape index (κ2) is 5.73. The summed E-state index contributed by atoms with van der Waals surface area (Å²) < 4.78 is 0. The summed E-state index contributed by atoms with van der Waals surface area (Å²) in [5.41, 5.74) is 3.36. The van der Waals surface area contributed by atoms with Crippen molar-refractivity contribution in [1.82, 2.24) is 4.90 Å². The summed E-state index contributed by atoms with van der Waals surface area (Å²) in [4.78, 5) is 29.4. The number of aryl methyl sites for hydroxylation is 1. The summed E-state index contributed by atoms with van der Waals surface area (Å²) in [6.07, 6.45) is 1.64. The average molecular weight is 334 g/mol. The Bertz CT molecular complexity index is 843. The minimum atomic E-state index is -0.579. The van der Waals surface area contributed by atoms with E-state index in [1.807, 2.05) is 60.5 Å². The standard InChI is InChI=1S/C21H22N2O2/c1-3-15-8-10-16(11-9-15)19(24)23-13-12-21(14-23)17-6-4-5-7-18(17)22(2)20(21)25/h4-11H,3,12-14H2,1-2H3/t21-/m1/s1. The van der Waals surface area contributed by atoms with Gasteiger partial charge in [-0.25, -0.2) is 0 Å². The van der Waals surface area contributed by atoms with E-state index in [9.17, 15) is 9.59 Å². The van der Waals surface area contributed by atoms with Gasteiger partial charge >= 0.3 is 0 Å². The molecule has 0 saturated carbocycles. The topological polar surface area (TPSA) is 40.6 Å². The molecule has 1 fully saturated rings. The predicted molar refractivity (Wildman–Crippen MR) is 97.9 cm³/mol. The molecular weight excluding hydrogens is 312 g/mol. The van der Waals surface area contributed by atoms with Crippen molar-refractivity contribution in [3.8, 4) is 0 Å². The number of para-hydroxylation sites is 1. The van der Waals surface area contributed by atoms with E-state index in [0.717, 1.165) is 17.7 Å². The van der Waals surface area contributed by atoms with Gasteiger partial charge in [0.2, 0.25) is 5.91 Å². The summed E-state index contributed by atoms with van der Waals surface area (Å²) in [5, 5.41) is 0. The van der Waals surface area contributed by atoms with Gasteiger partial charge in [0.25, 0.3) is 5.91 Å². The summed E-state index contributed by atoms with van der Waals surface area (Å²) in [5.74, 6) is 0.115. The Labute approximate surface area is 148 Å². The van der Waals surface area contributed by atoms with Gasteiger partial charge in [0, 0.05) is 31.4 Å². The smallest absolute Gasteiger partial charge is 0.253 e. The first-order valence-corrected chi connectivity index (χ1v) is 8.83. The highest BCUT2D eigenvalue weighted by Gasteiger charge is 2.54. The molecule has 4 heteroatoms. The number of fused-ring (bicyclic) bond motifs is 2. The number of anilines is 1. The maximum atomic E-state index is 13.0. The van der Waals surface area contributed by atoms with Crippen LogP contribution in [0.2, 0.25) is 0 Å². The van der Waals surface area contributed by atoms with Crippen molar-refractivity contribution in [2.24, 2.45) is 0 Å². The van der Waals surface area contributed by atoms with Crippen LogP contribution in [0.25, 0.3) is 0 Å². The van der Waals surface area contributed by atoms with E-state index < -0.39 is 5.41 Å². The van der Waals surface area contributed by atoms with Crippen LogP contribution in [0.4, 0.5) is 5.69 Å². The Balaban J connectivity index is 1.63. The molecule has 0 unspecified atom stereocenters. The van der Waals surface area contributed by atoms with E-state index >= 15 is 0 Å². The third-order valence-corrected chi connectivity index (χ3v) is 5.66. The molecule has 4 rings (SSSR count). The zero-order chi connectivity index (χ0) is 17.6. The molecule has 2 amide bonds. The molecule has 0 N–H and O–H groups in total. The zero-order valence-electron chi connectivity index (χ0n) is 14.7. The van der Waals surface area contributed by atoms with Crippen molar-refractivity contribution in [3.63, 3.8) is 0 Å². The molecule has 1 saturated heterocycles. The van der Waals surface area contributed by atoms with Gasteiger partial charge in [-0.15, -0.1) is 0 Å². The highest BCUT2D eigenvalue weighted by Crippen LogP contribution is 2.46. The fraction of sp³-hybridized carbons (Fsp3) is 0.333. The molecule has 2 aromatic rings. The number of likely N-dealkylation sites (N-methyl/N-ethyl adjacent to an activating group) is 1. The summed E-state index contributed by atoms with van der Waals surface area (Å²) in [6.45, 7) is 3.17. The van der Waals surface area contributed by atoms with Crippen molar-refractivity contribution in [2.45, 2.75) is 25.2 Å². The molecule has 25 heavy (non-hydrogen) atoms. The lowest BCUT2D eigenvalue weighted by Gasteiger charge is -2.23. The average Bonchev–Trinajstić information content (AvgIpc) is 3.20. The molecule has 2 aliphatic heterocycles. The molecule has 0 aliphatic carbocycles. The normalized spacial score (nSPS) is 21.9. The Morgan fingerprint density at radius 1 is 1.12 bits per heavy atom. The van der Waals surface area contributed by atoms with Crippen molar-refractivity contribution < 1.29 is 9.59 Å². The molecule has 0 radical (unpaired) electrons. The summed E-state index contributed by atoms with van der Waals surface area (Å²) >= 11 is 0. The molecule has 1 atom stereocenters. The highest BCUT2D eigenvalue weighted by atomic mass is 16.2. The van der Waals surface area contributed by atoms with Crippen molar-refractivity contribution >= 4 is 17.5 Å². The van der Waals surface area contributed by atoms with Crippen LogP contribution in [-0.2, 0) is 16.6 Å². The SMILES string of the molecule is CCc1ccc(C(=O)N2CC[C@]3(C2)C(=O)N(C)c2ccccc23)cc1. The number of nitrogens with zero attached hydrogens (tertiary/aromatic N) is 2. The summed E-state index contributed by atoms with van der Waals surface area (Å²) in [6, 6.07) is 15.7. The molecule has 2 heterocycles. The van der Waals surface area contributed by atoms with E-state index in [1.54, 1.807) is 4.90 Å². The second-order valence-corrected chi connectivity index (χ2v) is 6.99. The molecule has 1 spiro atoms. The quantitative estimate of drug-likeness (QED) is 0.847. The number of carbonyl (C=O) groups excluding carboxylic acids is 2. The molecule has 2 aromatic carbocycles. The van der Waals surface area contributed by atoms with E-state index in [-0.39, 0.29) is 11.8 Å². The number of likely N-dealkylation sites (tertiary alicyclic amines) is 1. The van der Waals surface area contributed by atoms with Gasteiger partial charge in [-0.05, 0) is 42.2 Å². The van der Waals surface area contributed by atoms with E-state index in [2.05, 4.69) is 6.92 Å². The minimum absolute atomic E-state index is 0.0133. The van der Waals surface area contributed by atoms with Gasteiger partial charge < -0.3 is 9.80 Å². The highest BCUT2D eigenvalue weighted by molar-refractivity contribution is 6.09. The Hall–Kier alpha value is -2.62. The Morgan fingerprint density at radius 2 is 1.84 bits per heavy atom. The van der Waals surface area contributed by atoms with E-state index in [4.69, 9.17) is 0 Å². The van der Waals surface area contributed by atoms with Crippen molar-refractivity contribution in [1.29, 1.82) is 0 Å². The van der Waals surface area contributed by atoms with Crippen molar-refractivity contribution in [3.05, 3.63) is 65.2 Å². The number of rotatable bonds is 2. The van der Waals surface area contributed by atoms with Crippen LogP contribution in [0, 0.1) is 0 Å². The molecule has 2 aliphatic rings. The second-order valence-electron chi connectivity index (χ2n) is 6.99. The van der Waals surface area contributed by atoms with Crippen LogP contribution in [0.3, 0.4) is 0 Å². The molecule has 0 bridgehead atoms. The van der Waals surface area contributed by atoms with Gasteiger partial charge in [0.15, 0.2) is 0 Å². The predicted octanol–water partition coefficient (Wildman–Crippen LogP) is 3.01. The van der Waals surface area contributed by atoms with Crippen LogP contribution in [0.1, 0.15) is 34.8 Å². The Morgan fingerprint density at radius 3 is 2.56 bits per heavy atom. The van der Waals surface area contributed by atoms with Gasteiger partial charge in [0.1, 0.15) is 0 Å². The lowest BCUT2D eigenvalue weighted by Crippen LogP contribution is -2.42. The van der Waals surface area contributed by atoms with Crippen LogP contribution >= 0.6 is 0 Å².